The van der Waals surface area contributed by atoms with E-state index in [0.717, 1.165) is 7.05 Å². The van der Waals surface area contributed by atoms with Gasteiger partial charge in [-0.15, -0.1) is 0 Å². The zero-order valence-electron chi connectivity index (χ0n) is 7.63. The average molecular weight is 216 g/mol. The van der Waals surface area contributed by atoms with Gasteiger partial charge in [-0.1, -0.05) is 0 Å². The van der Waals surface area contributed by atoms with Gasteiger partial charge in [0.1, 0.15) is 0 Å². The Morgan fingerprint density at radius 2 is 2.00 bits per heavy atom. The molecule has 7 heteroatoms. The second kappa shape index (κ2) is 5.46. The number of rotatable bonds is 6. The summed E-state index contributed by atoms with van der Waals surface area (Å²) in [4.78, 5) is 0. The summed E-state index contributed by atoms with van der Waals surface area (Å²) in [5.41, 5.74) is 0. The van der Waals surface area contributed by atoms with Crippen LogP contribution in [-0.4, -0.2) is 45.7 Å². The van der Waals surface area contributed by atoms with E-state index < -0.39 is 15.8 Å². The maximum atomic E-state index is 11.9. The molecule has 4 nitrogen and oxygen atoms in total. The molecule has 0 aromatic carbocycles. The number of halogens is 2. The lowest BCUT2D eigenvalue weighted by Crippen LogP contribution is -2.33. The van der Waals surface area contributed by atoms with Crippen molar-refractivity contribution in [1.82, 2.24) is 9.62 Å². The molecule has 13 heavy (non-hydrogen) atoms. The first-order valence-corrected chi connectivity index (χ1v) is 5.31. The predicted octanol–water partition coefficient (Wildman–Crippen LogP) is 0.0801. The van der Waals surface area contributed by atoms with Crippen LogP contribution in [0.3, 0.4) is 0 Å². The van der Waals surface area contributed by atoms with Gasteiger partial charge in [-0.3, -0.25) is 0 Å². The van der Waals surface area contributed by atoms with E-state index in [9.17, 15) is 17.2 Å². The van der Waals surface area contributed by atoms with Gasteiger partial charge in [0, 0.05) is 13.6 Å². The Labute approximate surface area is 77.0 Å². The third-order valence-corrected chi connectivity index (χ3v) is 3.06. The zero-order valence-corrected chi connectivity index (χ0v) is 8.44. The Balaban J connectivity index is 4.03. The first-order valence-electron chi connectivity index (χ1n) is 3.81. The minimum atomic E-state index is -4.39. The summed E-state index contributed by atoms with van der Waals surface area (Å²) in [6.07, 6.45) is 0.513. The van der Waals surface area contributed by atoms with Gasteiger partial charge in [-0.05, 0) is 20.0 Å². The molecule has 80 valence electrons. The minimum Gasteiger partial charge on any atom is -0.320 e. The van der Waals surface area contributed by atoms with Gasteiger partial charge >= 0.3 is 5.76 Å². The molecular formula is C6H14F2N2O2S. The van der Waals surface area contributed by atoms with Gasteiger partial charge in [-0.2, -0.15) is 8.78 Å². The van der Waals surface area contributed by atoms with Crippen molar-refractivity contribution in [3.05, 3.63) is 0 Å². The lowest BCUT2D eigenvalue weighted by atomic mass is 10.4. The Morgan fingerprint density at radius 3 is 2.38 bits per heavy atom. The molecule has 0 radical (unpaired) electrons. The summed E-state index contributed by atoms with van der Waals surface area (Å²) >= 11 is 0. The molecule has 0 rings (SSSR count). The summed E-state index contributed by atoms with van der Waals surface area (Å²) in [6, 6.07) is 0. The van der Waals surface area contributed by atoms with Crippen LogP contribution in [-0.2, 0) is 10.0 Å². The van der Waals surface area contributed by atoms with Gasteiger partial charge < -0.3 is 5.32 Å². The van der Waals surface area contributed by atoms with Gasteiger partial charge in [0.15, 0.2) is 0 Å². The molecule has 1 N–H and O–H groups in total. The number of hydrogen-bond acceptors (Lipinski definition) is 3. The highest BCUT2D eigenvalue weighted by Crippen LogP contribution is 2.09. The standard InChI is InChI=1S/C6H14F2N2O2S/c1-9-4-3-5-10(2)13(11,12)6(7)8/h6,9H,3-5H2,1-2H3. The van der Waals surface area contributed by atoms with Crippen LogP contribution >= 0.6 is 0 Å². The fourth-order valence-electron chi connectivity index (χ4n) is 0.742. The van der Waals surface area contributed by atoms with E-state index in [1.165, 1.54) is 0 Å². The molecular weight excluding hydrogens is 202 g/mol. The van der Waals surface area contributed by atoms with Crippen LogP contribution in [0, 0.1) is 0 Å². The van der Waals surface area contributed by atoms with Crippen LogP contribution in [0.25, 0.3) is 0 Å². The van der Waals surface area contributed by atoms with Crippen LogP contribution in [0.2, 0.25) is 0 Å². The first-order chi connectivity index (χ1) is 5.92. The molecule has 0 spiro atoms. The maximum absolute atomic E-state index is 11.9. The van der Waals surface area contributed by atoms with Crippen molar-refractivity contribution in [1.29, 1.82) is 0 Å². The monoisotopic (exact) mass is 216 g/mol. The van der Waals surface area contributed by atoms with Crippen molar-refractivity contribution in [2.24, 2.45) is 0 Å². The van der Waals surface area contributed by atoms with Crippen molar-refractivity contribution in [3.63, 3.8) is 0 Å². The Bertz CT molecular complexity index is 231. The third-order valence-electron chi connectivity index (χ3n) is 1.56. The summed E-state index contributed by atoms with van der Waals surface area (Å²) in [5, 5.41) is 2.79. The average Bonchev–Trinajstić information content (AvgIpc) is 2.04. The summed E-state index contributed by atoms with van der Waals surface area (Å²) in [5.74, 6) is -3.33. The van der Waals surface area contributed by atoms with Gasteiger partial charge in [0.05, 0.1) is 0 Å². The Hall–Kier alpha value is -0.270. The smallest absolute Gasteiger partial charge is 0.320 e. The first kappa shape index (κ1) is 12.7. The van der Waals surface area contributed by atoms with Crippen LogP contribution in [0.15, 0.2) is 0 Å². The molecule has 0 aromatic heterocycles. The summed E-state index contributed by atoms with van der Waals surface area (Å²) < 4.78 is 46.1. The van der Waals surface area contributed by atoms with E-state index in [1.54, 1.807) is 7.05 Å². The molecule has 0 heterocycles. The molecule has 0 saturated carbocycles. The molecule has 0 amide bonds. The third kappa shape index (κ3) is 3.97. The lowest BCUT2D eigenvalue weighted by Gasteiger charge is -2.15. The van der Waals surface area contributed by atoms with E-state index in [4.69, 9.17) is 0 Å². The van der Waals surface area contributed by atoms with E-state index >= 15 is 0 Å². The number of nitrogens with one attached hydrogen (secondary N) is 1. The minimum absolute atomic E-state index is 0.105. The van der Waals surface area contributed by atoms with E-state index in [2.05, 4.69) is 5.32 Å². The van der Waals surface area contributed by atoms with Crippen LogP contribution in [0.4, 0.5) is 8.78 Å². The highest BCUT2D eigenvalue weighted by atomic mass is 32.2. The zero-order chi connectivity index (χ0) is 10.5. The highest BCUT2D eigenvalue weighted by Gasteiger charge is 2.28. The largest absolute Gasteiger partial charge is 0.350 e. The second-order valence-corrected chi connectivity index (χ2v) is 4.59. The quantitative estimate of drug-likeness (QED) is 0.640. The number of hydrogen-bond donors (Lipinski definition) is 1. The predicted molar refractivity (Wildman–Crippen MR) is 46.1 cm³/mol. The SMILES string of the molecule is CNCCCN(C)S(=O)(=O)C(F)F. The molecule has 0 atom stereocenters. The van der Waals surface area contributed by atoms with E-state index in [1.807, 2.05) is 0 Å². The van der Waals surface area contributed by atoms with Crippen LogP contribution in [0.5, 0.6) is 0 Å². The van der Waals surface area contributed by atoms with Crippen molar-refractivity contribution in [2.75, 3.05) is 27.2 Å². The molecule has 0 fully saturated rings. The van der Waals surface area contributed by atoms with Gasteiger partial charge in [0.2, 0.25) is 0 Å². The number of nitrogens with zero attached hydrogens (tertiary/aromatic N) is 1. The molecule has 0 aliphatic rings. The van der Waals surface area contributed by atoms with Crippen LogP contribution in [0.1, 0.15) is 6.42 Å². The number of sulfonamides is 1. The number of alkyl halides is 2. The van der Waals surface area contributed by atoms with Gasteiger partial charge in [0.25, 0.3) is 10.0 Å². The summed E-state index contributed by atoms with van der Waals surface area (Å²) in [7, 11) is -1.53. The molecule has 0 saturated heterocycles. The van der Waals surface area contributed by atoms with Crippen molar-refractivity contribution < 1.29 is 17.2 Å². The van der Waals surface area contributed by atoms with Crippen LogP contribution < -0.4 is 5.32 Å². The molecule has 0 aliphatic heterocycles. The fourth-order valence-corrected chi connectivity index (χ4v) is 1.40. The molecule has 0 bridgehead atoms. The van der Waals surface area contributed by atoms with E-state index in [-0.39, 0.29) is 6.54 Å². The lowest BCUT2D eigenvalue weighted by molar-refractivity contribution is 0.222. The van der Waals surface area contributed by atoms with Gasteiger partial charge in [-0.25, -0.2) is 12.7 Å². The highest BCUT2D eigenvalue weighted by molar-refractivity contribution is 7.89. The Morgan fingerprint density at radius 1 is 1.46 bits per heavy atom. The Kier molecular flexibility index (Phi) is 5.34. The second-order valence-electron chi connectivity index (χ2n) is 2.58. The van der Waals surface area contributed by atoms with E-state index in [0.29, 0.717) is 17.3 Å². The molecule has 0 aromatic rings. The summed E-state index contributed by atoms with van der Waals surface area (Å²) in [6.45, 7) is 0.705. The van der Waals surface area contributed by atoms with Crippen molar-refractivity contribution in [2.45, 2.75) is 12.2 Å². The maximum Gasteiger partial charge on any atom is 0.350 e. The molecule has 0 aliphatic carbocycles. The van der Waals surface area contributed by atoms with Crippen molar-refractivity contribution >= 4 is 10.0 Å². The normalized spacial score (nSPS) is 12.8. The molecule has 0 unspecified atom stereocenters. The fraction of sp³-hybridized carbons (Fsp3) is 1.00. The topological polar surface area (TPSA) is 49.4 Å². The van der Waals surface area contributed by atoms with Crippen molar-refractivity contribution in [3.8, 4) is 0 Å².